The van der Waals surface area contributed by atoms with Crippen LogP contribution in [0.4, 0.5) is 0 Å². The van der Waals surface area contributed by atoms with E-state index in [1.165, 1.54) is 11.8 Å². The number of hydrogen-bond acceptors (Lipinski definition) is 5. The van der Waals surface area contributed by atoms with Gasteiger partial charge in [-0.2, -0.15) is 0 Å². The Bertz CT molecular complexity index is 1140. The lowest BCUT2D eigenvalue weighted by Crippen LogP contribution is -2.24. The minimum Gasteiger partial charge on any atom is -0.497 e. The summed E-state index contributed by atoms with van der Waals surface area (Å²) in [4.78, 5) is 12.3. The molecule has 142 valence electrons. The lowest BCUT2D eigenvalue weighted by Gasteiger charge is -2.08. The number of pyridine rings is 1. The highest BCUT2D eigenvalue weighted by atomic mass is 32.2. The molecule has 0 bridgehead atoms. The van der Waals surface area contributed by atoms with Crippen molar-refractivity contribution in [2.45, 2.75) is 18.6 Å². The SMILES string of the molecule is COc1ccc(CNC(=O)CSc2nnc3cc(C)c4ccccc4n23)cc1. The first-order valence-electron chi connectivity index (χ1n) is 8.91. The number of hydrogen-bond donors (Lipinski definition) is 1. The summed E-state index contributed by atoms with van der Waals surface area (Å²) >= 11 is 1.38. The second-order valence-electron chi connectivity index (χ2n) is 6.43. The molecular formula is C21H20N4O2S. The van der Waals surface area contributed by atoms with Crippen molar-refractivity contribution in [1.82, 2.24) is 19.9 Å². The topological polar surface area (TPSA) is 68.5 Å². The maximum Gasteiger partial charge on any atom is 0.230 e. The van der Waals surface area contributed by atoms with Gasteiger partial charge in [-0.05, 0) is 42.3 Å². The maximum absolute atomic E-state index is 12.3. The van der Waals surface area contributed by atoms with Crippen LogP contribution in [0.2, 0.25) is 0 Å². The summed E-state index contributed by atoms with van der Waals surface area (Å²) in [6.07, 6.45) is 0. The van der Waals surface area contributed by atoms with E-state index in [9.17, 15) is 4.79 Å². The second-order valence-corrected chi connectivity index (χ2v) is 7.38. The lowest BCUT2D eigenvalue weighted by molar-refractivity contribution is -0.118. The second kappa shape index (κ2) is 7.90. The summed E-state index contributed by atoms with van der Waals surface area (Å²) in [6, 6.07) is 17.8. The van der Waals surface area contributed by atoms with Crippen molar-refractivity contribution in [2.75, 3.05) is 12.9 Å². The maximum atomic E-state index is 12.3. The molecule has 0 fully saturated rings. The molecule has 28 heavy (non-hydrogen) atoms. The first-order valence-corrected chi connectivity index (χ1v) is 9.90. The minimum atomic E-state index is -0.0472. The summed E-state index contributed by atoms with van der Waals surface area (Å²) in [6.45, 7) is 2.54. The Balaban J connectivity index is 1.45. The number of methoxy groups -OCH3 is 1. The van der Waals surface area contributed by atoms with Gasteiger partial charge in [-0.1, -0.05) is 42.1 Å². The van der Waals surface area contributed by atoms with Crippen LogP contribution in [-0.4, -0.2) is 33.4 Å². The zero-order chi connectivity index (χ0) is 19.5. The van der Waals surface area contributed by atoms with Crippen LogP contribution in [0.1, 0.15) is 11.1 Å². The number of carbonyl (C=O) groups is 1. The molecule has 4 rings (SSSR count). The zero-order valence-corrected chi connectivity index (χ0v) is 16.5. The number of thioether (sulfide) groups is 1. The Morgan fingerprint density at radius 3 is 2.71 bits per heavy atom. The molecule has 1 amide bonds. The number of amides is 1. The van der Waals surface area contributed by atoms with Gasteiger partial charge in [-0.15, -0.1) is 10.2 Å². The number of nitrogens with one attached hydrogen (secondary N) is 1. The van der Waals surface area contributed by atoms with E-state index in [4.69, 9.17) is 4.74 Å². The molecule has 1 N–H and O–H groups in total. The van der Waals surface area contributed by atoms with E-state index in [1.807, 2.05) is 52.9 Å². The van der Waals surface area contributed by atoms with Crippen LogP contribution in [0.5, 0.6) is 5.75 Å². The predicted molar refractivity (Wildman–Crippen MR) is 111 cm³/mol. The lowest BCUT2D eigenvalue weighted by atomic mass is 10.1. The number of aryl methyl sites for hydroxylation is 1. The van der Waals surface area contributed by atoms with Gasteiger partial charge in [0.05, 0.1) is 18.4 Å². The third-order valence-electron chi connectivity index (χ3n) is 4.55. The number of fused-ring (bicyclic) bond motifs is 3. The smallest absolute Gasteiger partial charge is 0.230 e. The summed E-state index contributed by atoms with van der Waals surface area (Å²) < 4.78 is 7.15. The number of aromatic nitrogens is 3. The quantitative estimate of drug-likeness (QED) is 0.508. The molecule has 0 saturated heterocycles. The molecule has 2 aromatic carbocycles. The molecule has 2 heterocycles. The molecule has 0 unspecified atom stereocenters. The fourth-order valence-electron chi connectivity index (χ4n) is 3.09. The third-order valence-corrected chi connectivity index (χ3v) is 5.48. The molecule has 0 radical (unpaired) electrons. The van der Waals surface area contributed by atoms with Gasteiger partial charge >= 0.3 is 0 Å². The molecule has 0 aliphatic rings. The summed E-state index contributed by atoms with van der Waals surface area (Å²) in [5.74, 6) is 1.03. The largest absolute Gasteiger partial charge is 0.497 e. The van der Waals surface area contributed by atoms with Crippen molar-refractivity contribution in [3.05, 3.63) is 65.7 Å². The van der Waals surface area contributed by atoms with Crippen LogP contribution < -0.4 is 10.1 Å². The van der Waals surface area contributed by atoms with E-state index < -0.39 is 0 Å². The van der Waals surface area contributed by atoms with Gasteiger partial charge in [0.15, 0.2) is 10.8 Å². The van der Waals surface area contributed by atoms with Crippen LogP contribution >= 0.6 is 11.8 Å². The molecule has 2 aromatic heterocycles. The molecule has 7 heteroatoms. The van der Waals surface area contributed by atoms with E-state index in [0.29, 0.717) is 11.7 Å². The van der Waals surface area contributed by atoms with Crippen LogP contribution in [0.3, 0.4) is 0 Å². The van der Waals surface area contributed by atoms with Crippen LogP contribution in [0.15, 0.2) is 59.8 Å². The summed E-state index contributed by atoms with van der Waals surface area (Å²) in [5.41, 5.74) is 4.01. The van der Waals surface area contributed by atoms with Crippen molar-refractivity contribution in [3.8, 4) is 5.75 Å². The number of benzene rings is 2. The van der Waals surface area contributed by atoms with E-state index in [1.54, 1.807) is 7.11 Å². The highest BCUT2D eigenvalue weighted by Gasteiger charge is 2.13. The van der Waals surface area contributed by atoms with E-state index >= 15 is 0 Å². The minimum absolute atomic E-state index is 0.0472. The highest BCUT2D eigenvalue weighted by molar-refractivity contribution is 7.99. The Hall–Kier alpha value is -3.06. The number of nitrogens with zero attached hydrogens (tertiary/aromatic N) is 3. The van der Waals surface area contributed by atoms with E-state index in [2.05, 4.69) is 28.5 Å². The summed E-state index contributed by atoms with van der Waals surface area (Å²) in [5, 5.41) is 13.3. The Morgan fingerprint density at radius 2 is 1.93 bits per heavy atom. The fourth-order valence-corrected chi connectivity index (χ4v) is 3.88. The van der Waals surface area contributed by atoms with Crippen LogP contribution in [0.25, 0.3) is 16.6 Å². The molecule has 0 saturated carbocycles. The number of para-hydroxylation sites is 1. The van der Waals surface area contributed by atoms with Gasteiger partial charge < -0.3 is 10.1 Å². The van der Waals surface area contributed by atoms with Gasteiger partial charge in [0.1, 0.15) is 5.75 Å². The molecule has 0 spiro atoms. The number of rotatable bonds is 6. The predicted octanol–water partition coefficient (Wildman–Crippen LogP) is 3.61. The Labute approximate surface area is 166 Å². The molecule has 0 aliphatic heterocycles. The average Bonchev–Trinajstić information content (AvgIpc) is 3.14. The van der Waals surface area contributed by atoms with E-state index in [-0.39, 0.29) is 11.7 Å². The van der Waals surface area contributed by atoms with Crippen LogP contribution in [0, 0.1) is 6.92 Å². The number of ether oxygens (including phenoxy) is 1. The molecule has 0 atom stereocenters. The van der Waals surface area contributed by atoms with Crippen molar-refractivity contribution in [1.29, 1.82) is 0 Å². The van der Waals surface area contributed by atoms with Gasteiger partial charge in [-0.3, -0.25) is 9.20 Å². The van der Waals surface area contributed by atoms with Gasteiger partial charge in [-0.25, -0.2) is 0 Å². The Morgan fingerprint density at radius 1 is 1.14 bits per heavy atom. The first-order chi connectivity index (χ1) is 13.7. The van der Waals surface area contributed by atoms with E-state index in [0.717, 1.165) is 33.4 Å². The Kier molecular flexibility index (Phi) is 5.16. The van der Waals surface area contributed by atoms with Crippen molar-refractivity contribution in [2.24, 2.45) is 0 Å². The highest BCUT2D eigenvalue weighted by Crippen LogP contribution is 2.25. The fraction of sp³-hybridized carbons (Fsp3) is 0.190. The summed E-state index contributed by atoms with van der Waals surface area (Å²) in [7, 11) is 1.63. The molecule has 0 aliphatic carbocycles. The molecule has 4 aromatic rings. The van der Waals surface area contributed by atoms with Crippen LogP contribution in [-0.2, 0) is 11.3 Å². The molecule has 6 nitrogen and oxygen atoms in total. The van der Waals surface area contributed by atoms with Crippen molar-refractivity contribution in [3.63, 3.8) is 0 Å². The first kappa shape index (κ1) is 18.3. The molecular weight excluding hydrogens is 372 g/mol. The van der Waals surface area contributed by atoms with Crippen molar-refractivity contribution >= 4 is 34.2 Å². The zero-order valence-electron chi connectivity index (χ0n) is 15.7. The van der Waals surface area contributed by atoms with Gasteiger partial charge in [0.2, 0.25) is 5.91 Å². The average molecular weight is 392 g/mol. The van der Waals surface area contributed by atoms with Gasteiger partial charge in [0, 0.05) is 11.9 Å². The standard InChI is InChI=1S/C21H20N4O2S/c1-14-11-19-23-24-21(25(19)18-6-4-3-5-17(14)18)28-13-20(26)22-12-15-7-9-16(27-2)10-8-15/h3-11H,12-13H2,1-2H3,(H,22,26). The van der Waals surface area contributed by atoms with Crippen molar-refractivity contribution < 1.29 is 9.53 Å². The normalized spacial score (nSPS) is 11.1. The van der Waals surface area contributed by atoms with Gasteiger partial charge in [0.25, 0.3) is 0 Å². The third kappa shape index (κ3) is 3.66. The monoisotopic (exact) mass is 392 g/mol. The number of carbonyl (C=O) groups excluding carboxylic acids is 1.